The molecule has 0 aromatic heterocycles. The highest BCUT2D eigenvalue weighted by atomic mass is 16.7. The maximum Gasteiger partial charge on any atom is 0.215 e. The summed E-state index contributed by atoms with van der Waals surface area (Å²) in [6.45, 7) is 2.70. The van der Waals surface area contributed by atoms with E-state index in [0.717, 1.165) is 19.4 Å². The van der Waals surface area contributed by atoms with Crippen molar-refractivity contribution in [2.75, 3.05) is 26.7 Å². The van der Waals surface area contributed by atoms with E-state index in [9.17, 15) is 25.2 Å². The molecule has 5 rings (SSSR count). The van der Waals surface area contributed by atoms with Crippen LogP contribution in [0.25, 0.3) is 0 Å². The predicted octanol–water partition coefficient (Wildman–Crippen LogP) is -3.77. The van der Waals surface area contributed by atoms with Crippen molar-refractivity contribution in [2.24, 2.45) is 34.8 Å². The normalized spacial score (nSPS) is 49.0. The Hall–Kier alpha value is -1.31. The molecule has 13 atom stereocenters. The van der Waals surface area contributed by atoms with E-state index in [1.807, 2.05) is 6.08 Å². The Labute approximate surface area is 257 Å². The van der Waals surface area contributed by atoms with Crippen LogP contribution < -0.4 is 33.6 Å². The molecule has 3 unspecified atom stereocenters. The molecule has 1 saturated heterocycles. The van der Waals surface area contributed by atoms with E-state index >= 15 is 0 Å². The Morgan fingerprint density at radius 2 is 1.73 bits per heavy atom. The number of nitrogens with one attached hydrogen (secondary N) is 2. The summed E-state index contributed by atoms with van der Waals surface area (Å²) < 4.78 is 24.2. The average molecular weight is 629 g/mol. The van der Waals surface area contributed by atoms with Crippen LogP contribution in [0.4, 0.5) is 0 Å². The second kappa shape index (κ2) is 13.4. The standard InChI is InChI=1S/C29H52N6O9/c1-28(39)12-41-27(22(38)25(28)34-2)43-23-14(8-20(36)29(40)9-19(29)33)7-18(32)24(21(23)37)44-26-17(31)4-3-16(42-26)11-35-10-13-5-15(30)6-13/h3,13-15,17-19,21-27,34-35,37-40H,4-12,30-33H2,1-2H3/t13?,14-,15?,17+,18-,19?,21+,22+,23-,24?,25+,26+,27+,28-,29?/m0/s1. The molecule has 0 aromatic rings. The fourth-order valence-electron chi connectivity index (χ4n) is 7.06. The van der Waals surface area contributed by atoms with Gasteiger partial charge in [-0.3, -0.25) is 4.79 Å². The molecule has 0 bridgehead atoms. The predicted molar refractivity (Wildman–Crippen MR) is 157 cm³/mol. The molecule has 252 valence electrons. The van der Waals surface area contributed by atoms with Gasteiger partial charge in [0.25, 0.3) is 0 Å². The fraction of sp³-hybridized carbons (Fsp3) is 0.897. The van der Waals surface area contributed by atoms with Gasteiger partial charge in [0.15, 0.2) is 12.1 Å². The molecular weight excluding hydrogens is 576 g/mol. The second-order valence-corrected chi connectivity index (χ2v) is 13.8. The fourth-order valence-corrected chi connectivity index (χ4v) is 7.06. The van der Waals surface area contributed by atoms with Crippen molar-refractivity contribution in [3.8, 4) is 0 Å². The topological polar surface area (TPSA) is 263 Å². The highest BCUT2D eigenvalue weighted by molar-refractivity contribution is 5.91. The smallest absolute Gasteiger partial charge is 0.215 e. The number of hydrogen-bond donors (Lipinski definition) is 10. The Balaban J connectivity index is 1.27. The van der Waals surface area contributed by atoms with Gasteiger partial charge < -0.3 is 72.9 Å². The maximum absolute atomic E-state index is 13.0. The number of hydrogen-bond acceptors (Lipinski definition) is 15. The first-order chi connectivity index (χ1) is 20.7. The van der Waals surface area contributed by atoms with Crippen molar-refractivity contribution >= 4 is 5.78 Å². The molecule has 2 heterocycles. The molecule has 14 N–H and O–H groups in total. The molecule has 0 spiro atoms. The van der Waals surface area contributed by atoms with Crippen molar-refractivity contribution in [1.29, 1.82) is 0 Å². The van der Waals surface area contributed by atoms with E-state index in [-0.39, 0.29) is 31.9 Å². The molecule has 3 aliphatic carbocycles. The lowest BCUT2D eigenvalue weighted by atomic mass is 9.76. The number of carbonyl (C=O) groups is 1. The van der Waals surface area contributed by atoms with Gasteiger partial charge >= 0.3 is 0 Å². The summed E-state index contributed by atoms with van der Waals surface area (Å²) in [7, 11) is 1.60. The number of Topliss-reactive ketones (excluding diaryl/α,β-unsaturated/α-hetero) is 1. The minimum Gasteiger partial charge on any atom is -0.467 e. The average Bonchev–Trinajstić information content (AvgIpc) is 3.57. The van der Waals surface area contributed by atoms with Crippen molar-refractivity contribution < 1.29 is 44.2 Å². The zero-order chi connectivity index (χ0) is 32.0. The SMILES string of the molecule is CN[C@@H]1[C@@H](O)[C@@H](O[C@H]2[C@H](CC(=O)C3(O)CC3N)C[C@H](N)C(O[C@H]3OC(CNCC4CC(N)C4)=CC[C@H]3N)[C@@H]2O)OC[C@]1(C)O. The largest absolute Gasteiger partial charge is 0.467 e. The van der Waals surface area contributed by atoms with E-state index in [1.165, 1.54) is 6.92 Å². The van der Waals surface area contributed by atoms with Crippen LogP contribution in [-0.4, -0.2) is 131 Å². The number of aliphatic hydroxyl groups is 4. The lowest BCUT2D eigenvalue weighted by Crippen LogP contribution is -2.67. The van der Waals surface area contributed by atoms with Crippen molar-refractivity contribution in [3.05, 3.63) is 11.8 Å². The summed E-state index contributed by atoms with van der Waals surface area (Å²) in [4.78, 5) is 13.0. The molecule has 3 saturated carbocycles. The van der Waals surface area contributed by atoms with E-state index < -0.39 is 84.1 Å². The number of ether oxygens (including phenoxy) is 4. The summed E-state index contributed by atoms with van der Waals surface area (Å²) >= 11 is 0. The van der Waals surface area contributed by atoms with Gasteiger partial charge in [0, 0.05) is 31.0 Å². The zero-order valence-corrected chi connectivity index (χ0v) is 25.6. The summed E-state index contributed by atoms with van der Waals surface area (Å²) in [5.41, 5.74) is 21.6. The molecule has 15 nitrogen and oxygen atoms in total. The third kappa shape index (κ3) is 7.15. The van der Waals surface area contributed by atoms with Gasteiger partial charge in [-0.05, 0) is 64.1 Å². The minimum atomic E-state index is -1.62. The lowest BCUT2D eigenvalue weighted by molar-refractivity contribution is -0.308. The van der Waals surface area contributed by atoms with Crippen LogP contribution in [0, 0.1) is 11.8 Å². The first-order valence-electron chi connectivity index (χ1n) is 15.8. The van der Waals surface area contributed by atoms with Crippen LogP contribution in [0.5, 0.6) is 0 Å². The van der Waals surface area contributed by atoms with E-state index in [1.54, 1.807) is 7.05 Å². The van der Waals surface area contributed by atoms with Gasteiger partial charge in [-0.1, -0.05) is 0 Å². The molecule has 0 radical (unpaired) electrons. The summed E-state index contributed by atoms with van der Waals surface area (Å²) in [6, 6.07) is -2.42. The summed E-state index contributed by atoms with van der Waals surface area (Å²) in [5, 5.41) is 50.2. The van der Waals surface area contributed by atoms with E-state index in [2.05, 4.69) is 10.6 Å². The van der Waals surface area contributed by atoms with Crippen LogP contribution in [0.1, 0.15) is 45.4 Å². The maximum atomic E-state index is 13.0. The van der Waals surface area contributed by atoms with Gasteiger partial charge in [0.2, 0.25) is 6.29 Å². The number of ketones is 1. The van der Waals surface area contributed by atoms with Crippen molar-refractivity contribution in [2.45, 2.75) is 124 Å². The van der Waals surface area contributed by atoms with Crippen LogP contribution in [0.15, 0.2) is 11.8 Å². The Morgan fingerprint density at radius 3 is 2.36 bits per heavy atom. The Morgan fingerprint density at radius 1 is 1.05 bits per heavy atom. The summed E-state index contributed by atoms with van der Waals surface area (Å²) in [6.07, 6.45) is -2.32. The molecule has 0 aromatic carbocycles. The van der Waals surface area contributed by atoms with Crippen LogP contribution in [-0.2, 0) is 23.7 Å². The van der Waals surface area contributed by atoms with Crippen LogP contribution in [0.3, 0.4) is 0 Å². The third-order valence-electron chi connectivity index (χ3n) is 10.0. The molecular formula is C29H52N6O9. The van der Waals surface area contributed by atoms with Gasteiger partial charge in [-0.25, -0.2) is 0 Å². The van der Waals surface area contributed by atoms with Crippen molar-refractivity contribution in [1.82, 2.24) is 10.6 Å². The highest BCUT2D eigenvalue weighted by Gasteiger charge is 2.58. The quantitative estimate of drug-likeness (QED) is 0.0994. The minimum absolute atomic E-state index is 0.151. The number of likely N-dealkylation sites (N-methyl/N-ethyl adjacent to an activating group) is 1. The third-order valence-corrected chi connectivity index (χ3v) is 10.0. The van der Waals surface area contributed by atoms with Gasteiger partial charge in [0.05, 0.1) is 31.3 Å². The lowest BCUT2D eigenvalue weighted by Gasteiger charge is -2.48. The number of rotatable bonds is 12. The molecule has 0 amide bonds. The molecule has 5 aliphatic rings. The molecule has 2 aliphatic heterocycles. The first-order valence-corrected chi connectivity index (χ1v) is 15.8. The van der Waals surface area contributed by atoms with Gasteiger partial charge in [-0.2, -0.15) is 0 Å². The summed E-state index contributed by atoms with van der Waals surface area (Å²) in [5.74, 6) is 0.101. The monoisotopic (exact) mass is 628 g/mol. The van der Waals surface area contributed by atoms with Crippen LogP contribution in [0.2, 0.25) is 0 Å². The second-order valence-electron chi connectivity index (χ2n) is 13.8. The number of aliphatic hydroxyl groups excluding tert-OH is 2. The van der Waals surface area contributed by atoms with Gasteiger partial charge in [0.1, 0.15) is 35.3 Å². The van der Waals surface area contributed by atoms with Crippen LogP contribution >= 0.6 is 0 Å². The molecule has 44 heavy (non-hydrogen) atoms. The number of nitrogens with two attached hydrogens (primary N) is 4. The molecule has 15 heteroatoms. The zero-order valence-electron chi connectivity index (χ0n) is 25.6. The highest BCUT2D eigenvalue weighted by Crippen LogP contribution is 2.41. The Bertz CT molecular complexity index is 1050. The van der Waals surface area contributed by atoms with Crippen molar-refractivity contribution in [3.63, 3.8) is 0 Å². The Kier molecular flexibility index (Phi) is 10.4. The molecule has 4 fully saturated rings. The van der Waals surface area contributed by atoms with E-state index in [0.29, 0.717) is 24.6 Å². The van der Waals surface area contributed by atoms with E-state index in [4.69, 9.17) is 41.9 Å². The number of carbonyl (C=O) groups excluding carboxylic acids is 1. The van der Waals surface area contributed by atoms with Gasteiger partial charge in [-0.15, -0.1) is 0 Å². The first kappa shape index (κ1) is 34.0.